The fourth-order valence-electron chi connectivity index (χ4n) is 5.23. The summed E-state index contributed by atoms with van der Waals surface area (Å²) in [4.78, 5) is 15.2. The number of aromatic nitrogens is 2. The number of rotatable bonds is 7. The molecular weight excluding hydrogens is 457 g/mol. The number of nitrogens with zero attached hydrogens (tertiary/aromatic N) is 3. The molecule has 5 rings (SSSR count). The quantitative estimate of drug-likeness (QED) is 0.490. The molecule has 1 N–H and O–H groups in total. The van der Waals surface area contributed by atoms with E-state index in [4.69, 9.17) is 4.74 Å². The minimum absolute atomic E-state index is 0.139. The second-order valence-corrected chi connectivity index (χ2v) is 9.13. The van der Waals surface area contributed by atoms with E-state index in [0.717, 1.165) is 29.9 Å². The van der Waals surface area contributed by atoms with Gasteiger partial charge < -0.3 is 10.1 Å². The molecule has 0 saturated carbocycles. The molecule has 9 heteroatoms. The third-order valence-corrected chi connectivity index (χ3v) is 7.02. The molecule has 3 aromatic rings. The summed E-state index contributed by atoms with van der Waals surface area (Å²) in [5, 5.41) is 7.02. The van der Waals surface area contributed by atoms with Crippen LogP contribution in [0.1, 0.15) is 41.6 Å². The molecule has 2 fully saturated rings. The van der Waals surface area contributed by atoms with E-state index in [1.54, 1.807) is 23.0 Å². The number of benzene rings is 2. The summed E-state index contributed by atoms with van der Waals surface area (Å²) in [6.07, 6.45) is 2.35. The summed E-state index contributed by atoms with van der Waals surface area (Å²) in [6.45, 7) is 1.45. The maximum absolute atomic E-state index is 12.8. The highest BCUT2D eigenvalue weighted by molar-refractivity contribution is 6.04. The Morgan fingerprint density at radius 2 is 1.74 bits per heavy atom. The van der Waals surface area contributed by atoms with E-state index < -0.39 is 17.6 Å². The van der Waals surface area contributed by atoms with Crippen molar-refractivity contribution in [2.24, 2.45) is 7.05 Å². The summed E-state index contributed by atoms with van der Waals surface area (Å²) in [5.74, 6) is 0.195. The topological polar surface area (TPSA) is 59.4 Å². The second-order valence-electron chi connectivity index (χ2n) is 9.13. The first-order chi connectivity index (χ1) is 16.8. The number of aryl methyl sites for hydroxylation is 1. The highest BCUT2D eigenvalue weighted by Crippen LogP contribution is 2.37. The molecule has 184 valence electrons. The lowest BCUT2D eigenvalue weighted by atomic mass is 10.0. The zero-order valence-corrected chi connectivity index (χ0v) is 19.4. The largest absolute Gasteiger partial charge is 0.492 e. The number of ether oxygens (including phenoxy) is 1. The summed E-state index contributed by atoms with van der Waals surface area (Å²) in [7, 11) is 1.83. The predicted octanol–water partition coefficient (Wildman–Crippen LogP) is 5.36. The number of carbonyl (C=O) groups is 1. The zero-order chi connectivity index (χ0) is 24.6. The monoisotopic (exact) mass is 484 g/mol. The number of hydrogen-bond acceptors (Lipinski definition) is 4. The first-order valence-electron chi connectivity index (χ1n) is 11.8. The van der Waals surface area contributed by atoms with E-state index in [-0.39, 0.29) is 5.56 Å². The Balaban J connectivity index is 1.31. The number of alkyl halides is 3. The molecule has 2 saturated heterocycles. The predicted molar refractivity (Wildman–Crippen MR) is 126 cm³/mol. The summed E-state index contributed by atoms with van der Waals surface area (Å²) in [5.41, 5.74) is 1.46. The van der Waals surface area contributed by atoms with Crippen molar-refractivity contribution in [2.75, 3.05) is 18.5 Å². The fraction of sp³-hybridized carbons (Fsp3) is 0.385. The van der Waals surface area contributed by atoms with E-state index in [1.807, 2.05) is 19.2 Å². The number of fused-ring (bicyclic) bond motifs is 2. The molecule has 2 aromatic carbocycles. The molecule has 2 aliphatic heterocycles. The van der Waals surface area contributed by atoms with Crippen LogP contribution in [0.25, 0.3) is 11.3 Å². The van der Waals surface area contributed by atoms with E-state index in [9.17, 15) is 18.0 Å². The Morgan fingerprint density at radius 3 is 2.34 bits per heavy atom. The number of amides is 1. The molecule has 0 spiro atoms. The standard InChI is InChI=1S/C26H27F3N4O2/c1-32-23(12-13-30-32)22-16-19(31-25(34)17-2-4-18(5-3-17)26(27,28)29)6-11-24(22)35-15-14-33-20-7-8-21(33)10-9-20/h2-6,11-13,16,20-21H,7-10,14-15H2,1H3,(H,31,34). The maximum Gasteiger partial charge on any atom is 0.416 e. The van der Waals surface area contributed by atoms with Crippen LogP contribution in [0.2, 0.25) is 0 Å². The molecule has 3 heterocycles. The molecule has 35 heavy (non-hydrogen) atoms. The summed E-state index contributed by atoms with van der Waals surface area (Å²) < 4.78 is 46.4. The Hall–Kier alpha value is -3.33. The van der Waals surface area contributed by atoms with Crippen molar-refractivity contribution in [1.82, 2.24) is 14.7 Å². The number of halogens is 3. The fourth-order valence-corrected chi connectivity index (χ4v) is 5.23. The lowest BCUT2D eigenvalue weighted by molar-refractivity contribution is -0.137. The van der Waals surface area contributed by atoms with Crippen molar-refractivity contribution < 1.29 is 22.7 Å². The summed E-state index contributed by atoms with van der Waals surface area (Å²) in [6, 6.07) is 12.7. The molecule has 1 amide bonds. The molecule has 2 aliphatic rings. The second kappa shape index (κ2) is 9.37. The van der Waals surface area contributed by atoms with Gasteiger partial charge >= 0.3 is 6.18 Å². The van der Waals surface area contributed by atoms with Crippen molar-refractivity contribution in [3.05, 3.63) is 65.9 Å². The number of nitrogens with one attached hydrogen (secondary N) is 1. The minimum atomic E-state index is -4.45. The van der Waals surface area contributed by atoms with Gasteiger partial charge in [-0.1, -0.05) is 0 Å². The average molecular weight is 485 g/mol. The number of anilines is 1. The number of carbonyl (C=O) groups excluding carboxylic acids is 1. The van der Waals surface area contributed by atoms with Gasteiger partial charge in [-0.05, 0) is 74.2 Å². The Kier molecular flexibility index (Phi) is 6.27. The highest BCUT2D eigenvalue weighted by atomic mass is 19.4. The van der Waals surface area contributed by atoms with Gasteiger partial charge in [0.1, 0.15) is 12.4 Å². The normalized spacial score (nSPS) is 19.8. The Bertz CT molecular complexity index is 1190. The van der Waals surface area contributed by atoms with Gasteiger partial charge in [-0.3, -0.25) is 14.4 Å². The van der Waals surface area contributed by atoms with Crippen LogP contribution in [0.4, 0.5) is 18.9 Å². The molecular formula is C26H27F3N4O2. The van der Waals surface area contributed by atoms with Gasteiger partial charge in [-0.25, -0.2) is 0 Å². The molecule has 0 unspecified atom stereocenters. The van der Waals surface area contributed by atoms with Crippen molar-refractivity contribution >= 4 is 11.6 Å². The zero-order valence-electron chi connectivity index (χ0n) is 19.4. The molecule has 2 bridgehead atoms. The first kappa shape index (κ1) is 23.4. The van der Waals surface area contributed by atoms with Crippen molar-refractivity contribution in [3.63, 3.8) is 0 Å². The van der Waals surface area contributed by atoms with Crippen LogP contribution >= 0.6 is 0 Å². The van der Waals surface area contributed by atoms with Crippen LogP contribution < -0.4 is 10.1 Å². The minimum Gasteiger partial charge on any atom is -0.492 e. The highest BCUT2D eigenvalue weighted by Gasteiger charge is 2.38. The van der Waals surface area contributed by atoms with Gasteiger partial charge in [-0.15, -0.1) is 0 Å². The van der Waals surface area contributed by atoms with E-state index >= 15 is 0 Å². The van der Waals surface area contributed by atoms with Crippen LogP contribution in [-0.2, 0) is 13.2 Å². The molecule has 1 aromatic heterocycles. The van der Waals surface area contributed by atoms with Crippen LogP contribution in [-0.4, -0.2) is 45.8 Å². The van der Waals surface area contributed by atoms with E-state index in [0.29, 0.717) is 30.1 Å². The molecule has 0 aliphatic carbocycles. The Labute approximate surface area is 201 Å². The first-order valence-corrected chi connectivity index (χ1v) is 11.8. The van der Waals surface area contributed by atoms with Gasteiger partial charge in [0.25, 0.3) is 5.91 Å². The van der Waals surface area contributed by atoms with E-state index in [2.05, 4.69) is 15.3 Å². The SMILES string of the molecule is Cn1nccc1-c1cc(NC(=O)c2ccc(C(F)(F)F)cc2)ccc1OCCN1C2CCC1CC2. The van der Waals surface area contributed by atoms with Gasteiger partial charge in [0, 0.05) is 48.7 Å². The molecule has 0 atom stereocenters. The van der Waals surface area contributed by atoms with E-state index in [1.165, 1.54) is 37.8 Å². The lowest BCUT2D eigenvalue weighted by Gasteiger charge is -2.22. The van der Waals surface area contributed by atoms with Crippen LogP contribution in [0.5, 0.6) is 5.75 Å². The maximum atomic E-state index is 12.8. The van der Waals surface area contributed by atoms with Crippen molar-refractivity contribution in [1.29, 1.82) is 0 Å². The Morgan fingerprint density at radius 1 is 1.06 bits per heavy atom. The summed E-state index contributed by atoms with van der Waals surface area (Å²) >= 11 is 0. The third kappa shape index (κ3) is 4.91. The van der Waals surface area contributed by atoms with Gasteiger partial charge in [-0.2, -0.15) is 18.3 Å². The van der Waals surface area contributed by atoms with Crippen molar-refractivity contribution in [2.45, 2.75) is 43.9 Å². The smallest absolute Gasteiger partial charge is 0.416 e. The van der Waals surface area contributed by atoms with Crippen LogP contribution in [0.15, 0.2) is 54.7 Å². The van der Waals surface area contributed by atoms with Gasteiger partial charge in [0.05, 0.1) is 11.3 Å². The third-order valence-electron chi connectivity index (χ3n) is 7.02. The number of hydrogen-bond donors (Lipinski definition) is 1. The molecule has 6 nitrogen and oxygen atoms in total. The lowest BCUT2D eigenvalue weighted by Crippen LogP contribution is -2.32. The van der Waals surface area contributed by atoms with Crippen LogP contribution in [0.3, 0.4) is 0 Å². The van der Waals surface area contributed by atoms with Crippen LogP contribution in [0, 0.1) is 0 Å². The average Bonchev–Trinajstić information content (AvgIpc) is 3.55. The van der Waals surface area contributed by atoms with Gasteiger partial charge in [0.2, 0.25) is 0 Å². The van der Waals surface area contributed by atoms with Gasteiger partial charge in [0.15, 0.2) is 0 Å². The van der Waals surface area contributed by atoms with Crippen molar-refractivity contribution in [3.8, 4) is 17.0 Å². The molecule has 0 radical (unpaired) electrons.